The molecule has 0 aliphatic carbocycles. The standard InChI is InChI=1S/C23H30ClNO3/c1-4-28-22(26)23(2,12-13-27-3)16-21(25)14-17-8-10-18(11-9-17)19-6-5-7-20(24)15-19/h5-11,15,21H,4,12-14,16,25H2,1-3H3/t21-,23?/m1/s1. The minimum atomic E-state index is -0.647. The van der Waals surface area contributed by atoms with Crippen molar-refractivity contribution in [3.05, 3.63) is 59.1 Å². The van der Waals surface area contributed by atoms with Crippen LogP contribution in [-0.2, 0) is 20.7 Å². The first-order valence-corrected chi connectivity index (χ1v) is 10.0. The largest absolute Gasteiger partial charge is 0.466 e. The fourth-order valence-electron chi connectivity index (χ4n) is 3.38. The summed E-state index contributed by atoms with van der Waals surface area (Å²) < 4.78 is 10.4. The van der Waals surface area contributed by atoms with Gasteiger partial charge < -0.3 is 15.2 Å². The number of carbonyl (C=O) groups is 1. The van der Waals surface area contributed by atoms with Gasteiger partial charge in [-0.1, -0.05) is 48.0 Å². The molecule has 0 aliphatic rings. The topological polar surface area (TPSA) is 61.5 Å². The van der Waals surface area contributed by atoms with Gasteiger partial charge >= 0.3 is 5.97 Å². The van der Waals surface area contributed by atoms with Crippen molar-refractivity contribution in [3.63, 3.8) is 0 Å². The van der Waals surface area contributed by atoms with E-state index in [0.29, 0.717) is 32.5 Å². The van der Waals surface area contributed by atoms with E-state index in [2.05, 4.69) is 24.3 Å². The molecule has 0 aliphatic heterocycles. The smallest absolute Gasteiger partial charge is 0.311 e. The Morgan fingerprint density at radius 2 is 1.89 bits per heavy atom. The van der Waals surface area contributed by atoms with Crippen molar-refractivity contribution in [1.82, 2.24) is 0 Å². The van der Waals surface area contributed by atoms with Gasteiger partial charge in [-0.25, -0.2) is 0 Å². The molecule has 28 heavy (non-hydrogen) atoms. The minimum Gasteiger partial charge on any atom is -0.466 e. The molecule has 5 heteroatoms. The van der Waals surface area contributed by atoms with E-state index in [0.717, 1.165) is 21.7 Å². The molecule has 0 radical (unpaired) electrons. The Balaban J connectivity index is 2.04. The van der Waals surface area contributed by atoms with Crippen molar-refractivity contribution in [2.75, 3.05) is 20.3 Å². The lowest BCUT2D eigenvalue weighted by Crippen LogP contribution is -2.38. The zero-order valence-corrected chi connectivity index (χ0v) is 17.7. The molecule has 2 N–H and O–H groups in total. The van der Waals surface area contributed by atoms with Gasteiger partial charge in [0.2, 0.25) is 0 Å². The first-order chi connectivity index (χ1) is 13.4. The highest BCUT2D eigenvalue weighted by Gasteiger charge is 2.36. The average Bonchev–Trinajstić information content (AvgIpc) is 2.67. The van der Waals surface area contributed by atoms with Crippen LogP contribution in [0, 0.1) is 5.41 Å². The van der Waals surface area contributed by atoms with Crippen molar-refractivity contribution in [3.8, 4) is 11.1 Å². The summed E-state index contributed by atoms with van der Waals surface area (Å²) in [5.41, 5.74) is 9.08. The van der Waals surface area contributed by atoms with Crippen molar-refractivity contribution in [2.24, 2.45) is 11.1 Å². The van der Waals surface area contributed by atoms with E-state index >= 15 is 0 Å². The van der Waals surface area contributed by atoms with Crippen molar-refractivity contribution in [1.29, 1.82) is 0 Å². The molecular weight excluding hydrogens is 374 g/mol. The zero-order valence-electron chi connectivity index (χ0n) is 16.9. The molecular formula is C23H30ClNO3. The summed E-state index contributed by atoms with van der Waals surface area (Å²) in [7, 11) is 1.63. The first-order valence-electron chi connectivity index (χ1n) is 9.64. The third kappa shape index (κ3) is 6.33. The Morgan fingerprint density at radius 3 is 2.50 bits per heavy atom. The molecule has 0 fully saturated rings. The summed E-state index contributed by atoms with van der Waals surface area (Å²) in [6, 6.07) is 15.9. The van der Waals surface area contributed by atoms with E-state index in [1.54, 1.807) is 7.11 Å². The highest BCUT2D eigenvalue weighted by atomic mass is 35.5. The van der Waals surface area contributed by atoms with Crippen LogP contribution in [0.2, 0.25) is 5.02 Å². The lowest BCUT2D eigenvalue weighted by molar-refractivity contribution is -0.156. The van der Waals surface area contributed by atoms with Crippen LogP contribution in [0.1, 0.15) is 32.3 Å². The minimum absolute atomic E-state index is 0.150. The Morgan fingerprint density at radius 1 is 1.18 bits per heavy atom. The number of carbonyl (C=O) groups excluding carboxylic acids is 1. The summed E-state index contributed by atoms with van der Waals surface area (Å²) in [6.07, 6.45) is 1.83. The molecule has 0 spiro atoms. The summed E-state index contributed by atoms with van der Waals surface area (Å²) in [4.78, 5) is 12.4. The van der Waals surface area contributed by atoms with Crippen molar-refractivity contribution >= 4 is 17.6 Å². The van der Waals surface area contributed by atoms with Crippen LogP contribution in [0.15, 0.2) is 48.5 Å². The molecule has 1 unspecified atom stereocenters. The van der Waals surface area contributed by atoms with E-state index in [9.17, 15) is 4.79 Å². The Labute approximate surface area is 173 Å². The van der Waals surface area contributed by atoms with Crippen LogP contribution in [0.5, 0.6) is 0 Å². The second kappa shape index (κ2) is 10.6. The number of nitrogens with two attached hydrogens (primary N) is 1. The summed E-state index contributed by atoms with van der Waals surface area (Å²) >= 11 is 6.08. The SMILES string of the molecule is CCOC(=O)C(C)(CCOC)C[C@H](N)Cc1ccc(-c2cccc(Cl)c2)cc1. The van der Waals surface area contributed by atoms with Crippen LogP contribution in [0.3, 0.4) is 0 Å². The number of benzene rings is 2. The quantitative estimate of drug-likeness (QED) is 0.574. The average molecular weight is 404 g/mol. The Bertz CT molecular complexity index is 763. The number of methoxy groups -OCH3 is 1. The Kier molecular flexibility index (Phi) is 8.49. The number of esters is 1. The van der Waals surface area contributed by atoms with E-state index < -0.39 is 5.41 Å². The van der Waals surface area contributed by atoms with E-state index in [1.165, 1.54) is 0 Å². The van der Waals surface area contributed by atoms with Gasteiger partial charge in [-0.2, -0.15) is 0 Å². The maximum Gasteiger partial charge on any atom is 0.311 e. The van der Waals surface area contributed by atoms with Gasteiger partial charge in [0, 0.05) is 24.8 Å². The maximum atomic E-state index is 12.4. The van der Waals surface area contributed by atoms with E-state index in [4.69, 9.17) is 26.8 Å². The normalized spacial score (nSPS) is 14.3. The van der Waals surface area contributed by atoms with Gasteiger partial charge in [0.05, 0.1) is 12.0 Å². The van der Waals surface area contributed by atoms with Gasteiger partial charge in [0.25, 0.3) is 0 Å². The van der Waals surface area contributed by atoms with Crippen molar-refractivity contribution in [2.45, 2.75) is 39.2 Å². The number of hydrogen-bond donors (Lipinski definition) is 1. The molecule has 152 valence electrons. The molecule has 2 aromatic rings. The molecule has 0 saturated heterocycles. The molecule has 4 nitrogen and oxygen atoms in total. The molecule has 0 amide bonds. The second-order valence-electron chi connectivity index (χ2n) is 7.40. The number of halogens is 1. The summed E-state index contributed by atoms with van der Waals surface area (Å²) in [5, 5.41) is 0.720. The summed E-state index contributed by atoms with van der Waals surface area (Å²) in [6.45, 7) is 4.58. The van der Waals surface area contributed by atoms with Crippen LogP contribution < -0.4 is 5.73 Å². The predicted octanol–water partition coefficient (Wildman–Crippen LogP) is 4.87. The van der Waals surface area contributed by atoms with Gasteiger partial charge in [-0.3, -0.25) is 4.79 Å². The van der Waals surface area contributed by atoms with Crippen LogP contribution in [0.4, 0.5) is 0 Å². The van der Waals surface area contributed by atoms with Gasteiger partial charge in [0.15, 0.2) is 0 Å². The lowest BCUT2D eigenvalue weighted by Gasteiger charge is -2.29. The van der Waals surface area contributed by atoms with E-state index in [1.807, 2.05) is 38.1 Å². The second-order valence-corrected chi connectivity index (χ2v) is 7.84. The third-order valence-electron chi connectivity index (χ3n) is 4.95. The molecule has 2 atom stereocenters. The van der Waals surface area contributed by atoms with Gasteiger partial charge in [-0.15, -0.1) is 0 Å². The molecule has 2 aromatic carbocycles. The molecule has 0 bridgehead atoms. The third-order valence-corrected chi connectivity index (χ3v) is 5.18. The predicted molar refractivity (Wildman–Crippen MR) is 114 cm³/mol. The first kappa shape index (κ1) is 22.4. The van der Waals surface area contributed by atoms with Gasteiger partial charge in [0.1, 0.15) is 0 Å². The van der Waals surface area contributed by atoms with Crippen molar-refractivity contribution < 1.29 is 14.3 Å². The fraction of sp³-hybridized carbons (Fsp3) is 0.435. The monoisotopic (exact) mass is 403 g/mol. The lowest BCUT2D eigenvalue weighted by atomic mass is 9.79. The van der Waals surface area contributed by atoms with Crippen LogP contribution in [0.25, 0.3) is 11.1 Å². The van der Waals surface area contributed by atoms with Crippen LogP contribution >= 0.6 is 11.6 Å². The number of hydrogen-bond acceptors (Lipinski definition) is 4. The van der Waals surface area contributed by atoms with Gasteiger partial charge in [-0.05, 0) is 61.9 Å². The highest BCUT2D eigenvalue weighted by molar-refractivity contribution is 6.30. The molecule has 0 aromatic heterocycles. The molecule has 2 rings (SSSR count). The fourth-order valence-corrected chi connectivity index (χ4v) is 3.57. The molecule has 0 heterocycles. The highest BCUT2D eigenvalue weighted by Crippen LogP contribution is 2.30. The van der Waals surface area contributed by atoms with E-state index in [-0.39, 0.29) is 12.0 Å². The number of ether oxygens (including phenoxy) is 2. The van der Waals surface area contributed by atoms with Crippen LogP contribution in [-0.4, -0.2) is 32.3 Å². The Hall–Kier alpha value is -1.88. The zero-order chi connectivity index (χ0) is 20.6. The number of rotatable bonds is 10. The summed E-state index contributed by atoms with van der Waals surface area (Å²) in [5.74, 6) is -0.209. The maximum absolute atomic E-state index is 12.4. The molecule has 0 saturated carbocycles.